The van der Waals surface area contributed by atoms with Gasteiger partial charge in [0, 0.05) is 47.3 Å². The summed E-state index contributed by atoms with van der Waals surface area (Å²) >= 11 is 3.06. The first kappa shape index (κ1) is 20.5. The molecule has 3 aromatic rings. The number of thiophene rings is 1. The first-order valence-electron chi connectivity index (χ1n) is 9.62. The topological polar surface area (TPSA) is 53.5 Å². The Morgan fingerprint density at radius 1 is 1.14 bits per heavy atom. The molecular formula is C21H25N3O2S3. The number of nitrogens with zero attached hydrogens (tertiary/aromatic N) is 3. The van der Waals surface area contributed by atoms with Crippen molar-refractivity contribution in [3.05, 3.63) is 51.8 Å². The van der Waals surface area contributed by atoms with E-state index in [0.29, 0.717) is 24.5 Å². The molecule has 0 spiro atoms. The highest BCUT2D eigenvalue weighted by Crippen LogP contribution is 2.37. The number of aromatic nitrogens is 1. The van der Waals surface area contributed by atoms with E-state index < -0.39 is 10.0 Å². The Hall–Kier alpha value is -1.74. The van der Waals surface area contributed by atoms with Gasteiger partial charge in [-0.25, -0.2) is 13.4 Å². The Morgan fingerprint density at radius 3 is 2.59 bits per heavy atom. The van der Waals surface area contributed by atoms with Crippen molar-refractivity contribution in [2.45, 2.75) is 38.6 Å². The van der Waals surface area contributed by atoms with Gasteiger partial charge in [-0.15, -0.1) is 22.7 Å². The van der Waals surface area contributed by atoms with E-state index in [4.69, 9.17) is 0 Å². The summed E-state index contributed by atoms with van der Waals surface area (Å²) in [6, 6.07) is 10.3. The van der Waals surface area contributed by atoms with E-state index in [2.05, 4.69) is 48.0 Å². The lowest BCUT2D eigenvalue weighted by Gasteiger charge is -2.40. The maximum atomic E-state index is 13.4. The van der Waals surface area contributed by atoms with E-state index >= 15 is 0 Å². The van der Waals surface area contributed by atoms with Gasteiger partial charge in [-0.2, -0.15) is 4.31 Å². The highest BCUT2D eigenvalue weighted by atomic mass is 32.2. The number of sulfonamides is 1. The number of rotatable bonds is 4. The van der Waals surface area contributed by atoms with Crippen molar-refractivity contribution >= 4 is 38.4 Å². The summed E-state index contributed by atoms with van der Waals surface area (Å²) in [5, 5.41) is 2.87. The zero-order chi connectivity index (χ0) is 20.8. The van der Waals surface area contributed by atoms with Crippen LogP contribution in [-0.2, 0) is 10.0 Å². The molecule has 5 nitrogen and oxygen atoms in total. The van der Waals surface area contributed by atoms with Gasteiger partial charge in [0.1, 0.15) is 5.01 Å². The summed E-state index contributed by atoms with van der Waals surface area (Å²) in [7, 11) is -3.53. The van der Waals surface area contributed by atoms with Crippen LogP contribution in [0.15, 0.2) is 40.6 Å². The van der Waals surface area contributed by atoms with E-state index in [1.807, 2.05) is 19.2 Å². The second-order valence-electron chi connectivity index (χ2n) is 7.57. The van der Waals surface area contributed by atoms with Crippen molar-refractivity contribution in [3.8, 4) is 9.88 Å². The average Bonchev–Trinajstić information content (AvgIpc) is 3.27. The van der Waals surface area contributed by atoms with Crippen LogP contribution in [0.2, 0.25) is 0 Å². The lowest BCUT2D eigenvalue weighted by molar-refractivity contribution is 0.342. The van der Waals surface area contributed by atoms with Crippen molar-refractivity contribution in [1.29, 1.82) is 0 Å². The van der Waals surface area contributed by atoms with Crippen molar-refractivity contribution in [1.82, 2.24) is 9.29 Å². The van der Waals surface area contributed by atoms with Crippen molar-refractivity contribution in [2.75, 3.05) is 24.5 Å². The normalized spacial score (nSPS) is 18.3. The minimum Gasteiger partial charge on any atom is -0.366 e. The molecule has 8 heteroatoms. The molecule has 2 aromatic heterocycles. The van der Waals surface area contributed by atoms with Crippen LogP contribution in [0.3, 0.4) is 0 Å². The average molecular weight is 448 g/mol. The van der Waals surface area contributed by atoms with Gasteiger partial charge in [0.05, 0.1) is 9.77 Å². The number of piperazine rings is 1. The largest absolute Gasteiger partial charge is 0.366 e. The van der Waals surface area contributed by atoms with Crippen LogP contribution >= 0.6 is 22.7 Å². The second kappa shape index (κ2) is 7.83. The first-order valence-corrected chi connectivity index (χ1v) is 12.8. The molecule has 1 aliphatic rings. The summed E-state index contributed by atoms with van der Waals surface area (Å²) in [5.74, 6) is 0. The summed E-state index contributed by atoms with van der Waals surface area (Å²) < 4.78 is 28.4. The van der Waals surface area contributed by atoms with E-state index in [-0.39, 0.29) is 6.04 Å². The molecule has 1 aliphatic heterocycles. The standard InChI is InChI=1S/C21H25N3O2S3/c1-14-6-5-7-18(10-14)24-9-8-23(12-16(24)3)29(25,26)20-11-19(28-17(20)4)21-22-15(2)13-27-21/h5-7,10-11,13,16H,8-9,12H2,1-4H3. The summed E-state index contributed by atoms with van der Waals surface area (Å²) in [5.41, 5.74) is 3.33. The molecule has 0 saturated carbocycles. The maximum Gasteiger partial charge on any atom is 0.244 e. The Kier molecular flexibility index (Phi) is 5.54. The van der Waals surface area contributed by atoms with Crippen molar-refractivity contribution in [3.63, 3.8) is 0 Å². The molecule has 29 heavy (non-hydrogen) atoms. The van der Waals surface area contributed by atoms with Crippen LogP contribution in [-0.4, -0.2) is 43.4 Å². The number of hydrogen-bond donors (Lipinski definition) is 0. The molecule has 0 N–H and O–H groups in total. The fourth-order valence-corrected chi connectivity index (χ4v) is 7.70. The van der Waals surface area contributed by atoms with Gasteiger partial charge in [0.25, 0.3) is 0 Å². The monoisotopic (exact) mass is 447 g/mol. The number of anilines is 1. The molecule has 0 bridgehead atoms. The summed E-state index contributed by atoms with van der Waals surface area (Å²) in [6.07, 6.45) is 0. The summed E-state index contributed by atoms with van der Waals surface area (Å²) in [6.45, 7) is 9.66. The molecular weight excluding hydrogens is 422 g/mol. The summed E-state index contributed by atoms with van der Waals surface area (Å²) in [4.78, 5) is 8.96. The van der Waals surface area contributed by atoms with E-state index in [9.17, 15) is 8.42 Å². The minimum atomic E-state index is -3.53. The molecule has 0 amide bonds. The molecule has 1 unspecified atom stereocenters. The molecule has 1 atom stereocenters. The lowest BCUT2D eigenvalue weighted by Crippen LogP contribution is -2.53. The number of benzene rings is 1. The zero-order valence-corrected chi connectivity index (χ0v) is 19.5. The van der Waals surface area contributed by atoms with Gasteiger partial charge in [-0.05, 0) is 51.5 Å². The van der Waals surface area contributed by atoms with Gasteiger partial charge >= 0.3 is 0 Å². The second-order valence-corrected chi connectivity index (χ2v) is 11.6. The van der Waals surface area contributed by atoms with Crippen LogP contribution < -0.4 is 4.90 Å². The van der Waals surface area contributed by atoms with Gasteiger partial charge < -0.3 is 4.90 Å². The van der Waals surface area contributed by atoms with E-state index in [0.717, 1.165) is 26.1 Å². The van der Waals surface area contributed by atoms with Gasteiger partial charge in [-0.1, -0.05) is 12.1 Å². The number of aryl methyl sites for hydroxylation is 3. The molecule has 154 valence electrons. The smallest absolute Gasteiger partial charge is 0.244 e. The number of thiazole rings is 1. The van der Waals surface area contributed by atoms with Crippen LogP contribution in [0.25, 0.3) is 9.88 Å². The molecule has 1 fully saturated rings. The quantitative estimate of drug-likeness (QED) is 0.582. The Balaban J connectivity index is 1.57. The van der Waals surface area contributed by atoms with Gasteiger partial charge in [-0.3, -0.25) is 0 Å². The molecule has 3 heterocycles. The van der Waals surface area contributed by atoms with Crippen LogP contribution in [0.1, 0.15) is 23.1 Å². The highest BCUT2D eigenvalue weighted by Gasteiger charge is 2.34. The Morgan fingerprint density at radius 2 is 1.93 bits per heavy atom. The Labute approximate surface area is 180 Å². The lowest BCUT2D eigenvalue weighted by atomic mass is 10.1. The SMILES string of the molecule is Cc1cccc(N2CCN(S(=O)(=O)c3cc(-c4nc(C)cs4)sc3C)CC2C)c1. The first-order chi connectivity index (χ1) is 13.8. The third kappa shape index (κ3) is 3.99. The van der Waals surface area contributed by atoms with Crippen LogP contribution in [0, 0.1) is 20.8 Å². The van der Waals surface area contributed by atoms with Crippen LogP contribution in [0.5, 0.6) is 0 Å². The molecule has 1 saturated heterocycles. The van der Waals surface area contributed by atoms with E-state index in [1.54, 1.807) is 21.7 Å². The van der Waals surface area contributed by atoms with Crippen LogP contribution in [0.4, 0.5) is 5.69 Å². The van der Waals surface area contributed by atoms with Gasteiger partial charge in [0.15, 0.2) is 0 Å². The predicted octanol–water partition coefficient (Wildman–Crippen LogP) is 4.70. The van der Waals surface area contributed by atoms with Crippen molar-refractivity contribution in [2.24, 2.45) is 0 Å². The third-order valence-electron chi connectivity index (χ3n) is 5.24. The fourth-order valence-electron chi connectivity index (χ4n) is 3.77. The molecule has 4 rings (SSSR count). The Bertz CT molecular complexity index is 1130. The van der Waals surface area contributed by atoms with Crippen molar-refractivity contribution < 1.29 is 8.42 Å². The fraction of sp³-hybridized carbons (Fsp3) is 0.381. The highest BCUT2D eigenvalue weighted by molar-refractivity contribution is 7.89. The van der Waals surface area contributed by atoms with Gasteiger partial charge in [0.2, 0.25) is 10.0 Å². The molecule has 0 radical (unpaired) electrons. The maximum absolute atomic E-state index is 13.4. The third-order valence-corrected chi connectivity index (χ3v) is 9.54. The number of hydrogen-bond acceptors (Lipinski definition) is 6. The minimum absolute atomic E-state index is 0.111. The predicted molar refractivity (Wildman–Crippen MR) is 122 cm³/mol. The molecule has 0 aliphatic carbocycles. The zero-order valence-electron chi connectivity index (χ0n) is 17.0. The van der Waals surface area contributed by atoms with E-state index in [1.165, 1.54) is 16.9 Å². The molecule has 1 aromatic carbocycles.